The van der Waals surface area contributed by atoms with Gasteiger partial charge in [0.1, 0.15) is 11.6 Å². The van der Waals surface area contributed by atoms with Crippen LogP contribution in [0.15, 0.2) is 48.5 Å². The average molecular weight is 309 g/mol. The largest absolute Gasteiger partial charge is 0.484 e. The zero-order valence-electron chi connectivity index (χ0n) is 13.2. The molecule has 0 atom stereocenters. The molecule has 0 bridgehead atoms. The second-order valence-corrected chi connectivity index (χ2v) is 5.66. The molecule has 1 amide bonds. The number of nitrogens with one attached hydrogen (secondary N) is 2. The molecule has 3 rings (SSSR count). The van der Waals surface area contributed by atoms with Gasteiger partial charge in [-0.15, -0.1) is 0 Å². The van der Waals surface area contributed by atoms with Gasteiger partial charge < -0.3 is 15.0 Å². The fourth-order valence-corrected chi connectivity index (χ4v) is 2.24. The van der Waals surface area contributed by atoms with Gasteiger partial charge in [-0.2, -0.15) is 0 Å². The number of H-pyrrole nitrogens is 1. The summed E-state index contributed by atoms with van der Waals surface area (Å²) in [5, 5.41) is 2.83. The van der Waals surface area contributed by atoms with Crippen molar-refractivity contribution in [1.29, 1.82) is 0 Å². The van der Waals surface area contributed by atoms with Crippen molar-refractivity contribution in [2.45, 2.75) is 19.8 Å². The van der Waals surface area contributed by atoms with Gasteiger partial charge in [0.05, 0.1) is 11.0 Å². The maximum Gasteiger partial charge on any atom is 0.262 e. The minimum atomic E-state index is -0.197. The van der Waals surface area contributed by atoms with Crippen LogP contribution in [-0.2, 0) is 4.79 Å². The van der Waals surface area contributed by atoms with E-state index in [0.717, 1.165) is 22.5 Å². The summed E-state index contributed by atoms with van der Waals surface area (Å²) in [6.45, 7) is 4.14. The van der Waals surface area contributed by atoms with Crippen molar-refractivity contribution in [2.24, 2.45) is 0 Å². The fourth-order valence-electron chi connectivity index (χ4n) is 2.24. The lowest BCUT2D eigenvalue weighted by atomic mass is 10.2. The molecule has 1 heterocycles. The number of fused-ring (bicyclic) bond motifs is 1. The molecule has 0 aliphatic heterocycles. The lowest BCUT2D eigenvalue weighted by Crippen LogP contribution is -2.20. The summed E-state index contributed by atoms with van der Waals surface area (Å²) >= 11 is 0. The summed E-state index contributed by atoms with van der Waals surface area (Å²) in [4.78, 5) is 19.8. The Kier molecular flexibility index (Phi) is 4.28. The van der Waals surface area contributed by atoms with Gasteiger partial charge in [-0.3, -0.25) is 4.79 Å². The van der Waals surface area contributed by atoms with Crippen LogP contribution in [0, 0.1) is 0 Å². The van der Waals surface area contributed by atoms with Crippen LogP contribution in [0.2, 0.25) is 0 Å². The van der Waals surface area contributed by atoms with Crippen LogP contribution in [0.4, 0.5) is 5.69 Å². The number of rotatable bonds is 5. The summed E-state index contributed by atoms with van der Waals surface area (Å²) in [6, 6.07) is 14.9. The van der Waals surface area contributed by atoms with Gasteiger partial charge in [0.15, 0.2) is 6.61 Å². The second kappa shape index (κ2) is 6.52. The number of carbonyl (C=O) groups excluding carboxylic acids is 1. The molecule has 1 aromatic heterocycles. The Morgan fingerprint density at radius 3 is 2.74 bits per heavy atom. The van der Waals surface area contributed by atoms with Gasteiger partial charge in [-0.05, 0) is 30.3 Å². The number of ether oxygens (including phenoxy) is 1. The third-order valence-electron chi connectivity index (χ3n) is 3.44. The number of amides is 1. The maximum absolute atomic E-state index is 12.0. The molecule has 0 saturated carbocycles. The first-order valence-corrected chi connectivity index (χ1v) is 7.59. The van der Waals surface area contributed by atoms with Crippen molar-refractivity contribution in [2.75, 3.05) is 11.9 Å². The van der Waals surface area contributed by atoms with E-state index in [9.17, 15) is 4.79 Å². The molecule has 2 aromatic carbocycles. The van der Waals surface area contributed by atoms with Crippen LogP contribution in [0.25, 0.3) is 11.0 Å². The predicted molar refractivity (Wildman–Crippen MR) is 90.7 cm³/mol. The van der Waals surface area contributed by atoms with Crippen LogP contribution < -0.4 is 10.1 Å². The fraction of sp³-hybridized carbons (Fsp3) is 0.222. The second-order valence-electron chi connectivity index (χ2n) is 5.66. The standard InChI is InChI=1S/C18H19N3O2/c1-12(2)18-20-15-9-8-13(10-16(15)21-18)19-17(22)11-23-14-6-4-3-5-7-14/h3-10,12H,11H2,1-2H3,(H,19,22)(H,20,21). The van der Waals surface area contributed by atoms with Gasteiger partial charge in [-0.1, -0.05) is 32.0 Å². The van der Waals surface area contributed by atoms with E-state index in [-0.39, 0.29) is 12.5 Å². The smallest absolute Gasteiger partial charge is 0.262 e. The molecule has 23 heavy (non-hydrogen) atoms. The first kappa shape index (κ1) is 15.1. The number of aromatic amines is 1. The molecule has 5 heteroatoms. The minimum absolute atomic E-state index is 0.0255. The Morgan fingerprint density at radius 2 is 2.00 bits per heavy atom. The summed E-state index contributed by atoms with van der Waals surface area (Å²) in [5.41, 5.74) is 2.53. The van der Waals surface area contributed by atoms with Crippen LogP contribution >= 0.6 is 0 Å². The van der Waals surface area contributed by atoms with Gasteiger partial charge in [0.25, 0.3) is 5.91 Å². The van der Waals surface area contributed by atoms with E-state index in [2.05, 4.69) is 29.1 Å². The molecular weight excluding hydrogens is 290 g/mol. The lowest BCUT2D eigenvalue weighted by Gasteiger charge is -2.07. The van der Waals surface area contributed by atoms with Gasteiger partial charge in [-0.25, -0.2) is 4.98 Å². The van der Waals surface area contributed by atoms with Crippen LogP contribution in [0.5, 0.6) is 5.75 Å². The van der Waals surface area contributed by atoms with Crippen LogP contribution in [-0.4, -0.2) is 22.5 Å². The number of anilines is 1. The van der Waals surface area contributed by atoms with E-state index in [0.29, 0.717) is 11.7 Å². The molecule has 0 saturated heterocycles. The molecule has 2 N–H and O–H groups in total. The normalized spacial score (nSPS) is 10.9. The topological polar surface area (TPSA) is 67.0 Å². The number of carbonyl (C=O) groups is 1. The zero-order valence-corrected chi connectivity index (χ0v) is 13.2. The first-order chi connectivity index (χ1) is 11.1. The molecule has 0 fully saturated rings. The van der Waals surface area contributed by atoms with Crippen molar-refractivity contribution in [1.82, 2.24) is 9.97 Å². The van der Waals surface area contributed by atoms with E-state index < -0.39 is 0 Å². The first-order valence-electron chi connectivity index (χ1n) is 7.59. The van der Waals surface area contributed by atoms with Crippen molar-refractivity contribution >= 4 is 22.6 Å². The molecule has 0 aliphatic rings. The van der Waals surface area contributed by atoms with E-state index in [1.54, 1.807) is 0 Å². The quantitative estimate of drug-likeness (QED) is 0.755. The van der Waals surface area contributed by atoms with E-state index in [1.165, 1.54) is 0 Å². The number of hydrogen-bond acceptors (Lipinski definition) is 3. The third-order valence-corrected chi connectivity index (χ3v) is 3.44. The predicted octanol–water partition coefficient (Wildman–Crippen LogP) is 3.70. The molecule has 0 unspecified atom stereocenters. The molecule has 0 aliphatic carbocycles. The van der Waals surface area contributed by atoms with Crippen molar-refractivity contribution in [3.05, 3.63) is 54.4 Å². The summed E-state index contributed by atoms with van der Waals surface area (Å²) < 4.78 is 5.43. The highest BCUT2D eigenvalue weighted by Crippen LogP contribution is 2.20. The van der Waals surface area contributed by atoms with Gasteiger partial charge in [0, 0.05) is 11.6 Å². The highest BCUT2D eigenvalue weighted by molar-refractivity contribution is 5.94. The molecular formula is C18H19N3O2. The SMILES string of the molecule is CC(C)c1nc2ccc(NC(=O)COc3ccccc3)cc2[nH]1. The number of nitrogens with zero attached hydrogens (tertiary/aromatic N) is 1. The summed E-state index contributed by atoms with van der Waals surface area (Å²) in [5.74, 6) is 1.75. The lowest BCUT2D eigenvalue weighted by molar-refractivity contribution is -0.118. The molecule has 118 valence electrons. The van der Waals surface area contributed by atoms with Crippen LogP contribution in [0.1, 0.15) is 25.6 Å². The molecule has 5 nitrogen and oxygen atoms in total. The van der Waals surface area contributed by atoms with Gasteiger partial charge >= 0.3 is 0 Å². The number of hydrogen-bond donors (Lipinski definition) is 2. The number of para-hydroxylation sites is 1. The Balaban J connectivity index is 1.65. The average Bonchev–Trinajstić information content (AvgIpc) is 2.97. The highest BCUT2D eigenvalue weighted by atomic mass is 16.5. The molecule has 3 aromatic rings. The van der Waals surface area contributed by atoms with E-state index in [1.807, 2.05) is 48.5 Å². The Labute approximate surface area is 134 Å². The highest BCUT2D eigenvalue weighted by Gasteiger charge is 2.08. The van der Waals surface area contributed by atoms with Gasteiger partial charge in [0.2, 0.25) is 0 Å². The van der Waals surface area contributed by atoms with Crippen molar-refractivity contribution in [3.8, 4) is 5.75 Å². The van der Waals surface area contributed by atoms with E-state index in [4.69, 9.17) is 4.74 Å². The monoisotopic (exact) mass is 309 g/mol. The van der Waals surface area contributed by atoms with Crippen molar-refractivity contribution in [3.63, 3.8) is 0 Å². The van der Waals surface area contributed by atoms with Crippen LogP contribution in [0.3, 0.4) is 0 Å². The third kappa shape index (κ3) is 3.69. The Hall–Kier alpha value is -2.82. The maximum atomic E-state index is 12.0. The number of aromatic nitrogens is 2. The summed E-state index contributed by atoms with van der Waals surface area (Å²) in [6.07, 6.45) is 0. The van der Waals surface area contributed by atoms with Crippen molar-refractivity contribution < 1.29 is 9.53 Å². The van der Waals surface area contributed by atoms with E-state index >= 15 is 0 Å². The number of imidazole rings is 1. The summed E-state index contributed by atoms with van der Waals surface area (Å²) in [7, 11) is 0. The Morgan fingerprint density at radius 1 is 1.22 bits per heavy atom. The minimum Gasteiger partial charge on any atom is -0.484 e. The molecule has 0 radical (unpaired) electrons. The Bertz CT molecular complexity index is 810. The zero-order chi connectivity index (χ0) is 16.2. The molecule has 0 spiro atoms. The number of benzene rings is 2.